The van der Waals surface area contributed by atoms with Crippen molar-refractivity contribution in [2.75, 3.05) is 0 Å². The van der Waals surface area contributed by atoms with Gasteiger partial charge in [-0.1, -0.05) is 84.3 Å². The Balaban J connectivity index is 1.35. The third-order valence-corrected chi connectivity index (χ3v) is 11.2. The fraction of sp³-hybridized carbons (Fsp3) is 0.906. The van der Waals surface area contributed by atoms with Crippen LogP contribution in [0.3, 0.4) is 0 Å². The summed E-state index contributed by atoms with van der Waals surface area (Å²) in [5.74, 6) is 3.69. The summed E-state index contributed by atoms with van der Waals surface area (Å²) in [6.45, 7) is 9.72. The standard InChI is InChI=1S/C32H54O2/c1-5-7-9-10-11-12-13-24-16-18-28-27-17-15-25-23-26(34-30(33)14-8-6-2)19-21-32(25,4)29(27)20-22-31(24,28)3/h15,24,26-29H,5-14,16-23H2,1-4H3/t24-,26-,27-,28-,29-,31+,32-/m0/s1. The van der Waals surface area contributed by atoms with Crippen LogP contribution in [0.4, 0.5) is 0 Å². The molecule has 4 aliphatic rings. The van der Waals surface area contributed by atoms with Crippen LogP contribution < -0.4 is 0 Å². The van der Waals surface area contributed by atoms with Crippen LogP contribution in [0.2, 0.25) is 0 Å². The average molecular weight is 471 g/mol. The highest BCUT2D eigenvalue weighted by atomic mass is 16.5. The maximum Gasteiger partial charge on any atom is 0.306 e. The van der Waals surface area contributed by atoms with Crippen LogP contribution in [0, 0.1) is 34.5 Å². The molecule has 4 aliphatic carbocycles. The van der Waals surface area contributed by atoms with E-state index in [-0.39, 0.29) is 12.1 Å². The van der Waals surface area contributed by atoms with Gasteiger partial charge in [0.05, 0.1) is 0 Å². The van der Waals surface area contributed by atoms with Gasteiger partial charge in [-0.15, -0.1) is 0 Å². The van der Waals surface area contributed by atoms with Crippen LogP contribution in [-0.2, 0) is 9.53 Å². The second kappa shape index (κ2) is 11.5. The van der Waals surface area contributed by atoms with Crippen LogP contribution in [0.25, 0.3) is 0 Å². The SMILES string of the molecule is CCCCCCCC[C@H]1CC[C@H]2[C@@H]3CC=C4C[C@@H](OC(=O)CCCC)CC[C@]4(C)[C@H]3CC[C@]12C. The molecule has 0 radical (unpaired) electrons. The summed E-state index contributed by atoms with van der Waals surface area (Å²) in [6, 6.07) is 0. The summed E-state index contributed by atoms with van der Waals surface area (Å²) >= 11 is 0. The first-order valence-corrected chi connectivity index (χ1v) is 15.3. The molecular weight excluding hydrogens is 416 g/mol. The van der Waals surface area contributed by atoms with E-state index in [0.29, 0.717) is 17.3 Å². The van der Waals surface area contributed by atoms with Gasteiger partial charge in [0.15, 0.2) is 0 Å². The molecule has 0 unspecified atom stereocenters. The Bertz CT molecular complexity index is 710. The molecule has 194 valence electrons. The van der Waals surface area contributed by atoms with Gasteiger partial charge in [0.25, 0.3) is 0 Å². The largest absolute Gasteiger partial charge is 0.462 e. The number of esters is 1. The van der Waals surface area contributed by atoms with Gasteiger partial charge in [-0.05, 0) is 92.3 Å². The number of fused-ring (bicyclic) bond motifs is 5. The molecule has 0 amide bonds. The van der Waals surface area contributed by atoms with Crippen molar-refractivity contribution in [1.29, 1.82) is 0 Å². The Morgan fingerprint density at radius 2 is 1.68 bits per heavy atom. The number of carbonyl (C=O) groups excluding carboxylic acids is 1. The van der Waals surface area contributed by atoms with E-state index in [4.69, 9.17) is 4.74 Å². The zero-order valence-corrected chi connectivity index (χ0v) is 23.0. The molecule has 0 aromatic carbocycles. The van der Waals surface area contributed by atoms with E-state index >= 15 is 0 Å². The Hall–Kier alpha value is -0.790. The Morgan fingerprint density at radius 3 is 2.47 bits per heavy atom. The van der Waals surface area contributed by atoms with Crippen molar-refractivity contribution in [2.45, 2.75) is 149 Å². The lowest BCUT2D eigenvalue weighted by atomic mass is 9.47. The van der Waals surface area contributed by atoms with Gasteiger partial charge in [-0.2, -0.15) is 0 Å². The maximum absolute atomic E-state index is 12.2. The molecule has 4 rings (SSSR count). The van der Waals surface area contributed by atoms with E-state index in [9.17, 15) is 4.79 Å². The summed E-state index contributed by atoms with van der Waals surface area (Å²) in [7, 11) is 0. The third kappa shape index (κ3) is 5.31. The molecule has 2 heteroatoms. The zero-order chi connectivity index (χ0) is 24.2. The smallest absolute Gasteiger partial charge is 0.306 e. The Labute approximate surface area is 211 Å². The van der Waals surface area contributed by atoms with Crippen molar-refractivity contribution < 1.29 is 9.53 Å². The van der Waals surface area contributed by atoms with Gasteiger partial charge in [-0.3, -0.25) is 4.79 Å². The third-order valence-electron chi connectivity index (χ3n) is 11.2. The minimum absolute atomic E-state index is 0.0283. The molecule has 0 N–H and O–H groups in total. The van der Waals surface area contributed by atoms with Crippen molar-refractivity contribution >= 4 is 5.97 Å². The minimum atomic E-state index is 0.0283. The topological polar surface area (TPSA) is 26.3 Å². The van der Waals surface area contributed by atoms with Crippen molar-refractivity contribution in [1.82, 2.24) is 0 Å². The van der Waals surface area contributed by atoms with Crippen molar-refractivity contribution in [3.63, 3.8) is 0 Å². The number of hydrogen-bond acceptors (Lipinski definition) is 2. The first kappa shape index (κ1) is 26.3. The normalized spacial score (nSPS) is 39.1. The van der Waals surface area contributed by atoms with E-state index in [1.807, 2.05) is 0 Å². The lowest BCUT2D eigenvalue weighted by Crippen LogP contribution is -2.50. The molecule has 0 heterocycles. The second-order valence-corrected chi connectivity index (χ2v) is 13.1. The Morgan fingerprint density at radius 1 is 0.912 bits per heavy atom. The van der Waals surface area contributed by atoms with Gasteiger partial charge >= 0.3 is 5.97 Å². The Kier molecular flexibility index (Phi) is 8.90. The van der Waals surface area contributed by atoms with E-state index in [2.05, 4.69) is 33.8 Å². The minimum Gasteiger partial charge on any atom is -0.462 e. The molecule has 2 nitrogen and oxygen atoms in total. The monoisotopic (exact) mass is 470 g/mol. The molecule has 0 aromatic heterocycles. The summed E-state index contributed by atoms with van der Waals surface area (Å²) in [5.41, 5.74) is 2.59. The molecule has 34 heavy (non-hydrogen) atoms. The highest BCUT2D eigenvalue weighted by molar-refractivity contribution is 5.69. The van der Waals surface area contributed by atoms with Crippen LogP contribution >= 0.6 is 0 Å². The van der Waals surface area contributed by atoms with Gasteiger partial charge < -0.3 is 4.74 Å². The van der Waals surface area contributed by atoms with Crippen molar-refractivity contribution in [2.24, 2.45) is 34.5 Å². The van der Waals surface area contributed by atoms with Gasteiger partial charge in [0.1, 0.15) is 6.10 Å². The van der Waals surface area contributed by atoms with E-state index in [0.717, 1.165) is 49.4 Å². The summed E-state index contributed by atoms with van der Waals surface area (Å²) < 4.78 is 5.91. The number of unbranched alkanes of at least 4 members (excludes halogenated alkanes) is 6. The van der Waals surface area contributed by atoms with Crippen LogP contribution in [0.5, 0.6) is 0 Å². The van der Waals surface area contributed by atoms with Crippen LogP contribution in [-0.4, -0.2) is 12.1 Å². The number of carbonyl (C=O) groups is 1. The van der Waals surface area contributed by atoms with E-state index < -0.39 is 0 Å². The number of rotatable bonds is 11. The number of allylic oxidation sites excluding steroid dienone is 1. The highest BCUT2D eigenvalue weighted by Crippen LogP contribution is 2.66. The number of ether oxygens (including phenoxy) is 1. The van der Waals surface area contributed by atoms with E-state index in [1.165, 1.54) is 83.5 Å². The molecule has 3 saturated carbocycles. The lowest BCUT2D eigenvalue weighted by Gasteiger charge is -2.58. The first-order valence-electron chi connectivity index (χ1n) is 15.3. The van der Waals surface area contributed by atoms with Crippen molar-refractivity contribution in [3.8, 4) is 0 Å². The average Bonchev–Trinajstić information content (AvgIpc) is 3.16. The second-order valence-electron chi connectivity index (χ2n) is 13.1. The van der Waals surface area contributed by atoms with Crippen molar-refractivity contribution in [3.05, 3.63) is 11.6 Å². The highest BCUT2D eigenvalue weighted by Gasteiger charge is 2.58. The molecule has 0 saturated heterocycles. The molecule has 0 aromatic rings. The zero-order valence-electron chi connectivity index (χ0n) is 23.0. The molecule has 0 aliphatic heterocycles. The van der Waals surface area contributed by atoms with Gasteiger partial charge in [0.2, 0.25) is 0 Å². The maximum atomic E-state index is 12.2. The number of hydrogen-bond donors (Lipinski definition) is 0. The van der Waals surface area contributed by atoms with Gasteiger partial charge in [0, 0.05) is 12.8 Å². The molecule has 0 spiro atoms. The van der Waals surface area contributed by atoms with Crippen LogP contribution in [0.15, 0.2) is 11.6 Å². The first-order chi connectivity index (χ1) is 16.4. The fourth-order valence-electron chi connectivity index (χ4n) is 9.05. The predicted octanol–water partition coefficient (Wildman–Crippen LogP) is 9.42. The summed E-state index contributed by atoms with van der Waals surface area (Å²) in [4.78, 5) is 12.2. The molecule has 3 fully saturated rings. The lowest BCUT2D eigenvalue weighted by molar-refractivity contribution is -0.151. The molecular formula is C32H54O2. The van der Waals surface area contributed by atoms with Gasteiger partial charge in [-0.25, -0.2) is 0 Å². The molecule has 7 atom stereocenters. The van der Waals surface area contributed by atoms with Crippen LogP contribution in [0.1, 0.15) is 143 Å². The predicted molar refractivity (Wildman–Crippen MR) is 143 cm³/mol. The summed E-state index contributed by atoms with van der Waals surface area (Å²) in [6.07, 6.45) is 25.9. The summed E-state index contributed by atoms with van der Waals surface area (Å²) in [5, 5.41) is 0. The quantitative estimate of drug-likeness (QED) is 0.171. The fourth-order valence-corrected chi connectivity index (χ4v) is 9.05. The molecule has 0 bridgehead atoms. The van der Waals surface area contributed by atoms with E-state index in [1.54, 1.807) is 5.57 Å².